The maximum absolute atomic E-state index is 12.2. The molecule has 0 fully saturated rings. The molecule has 0 saturated heterocycles. The number of carbonyl (C=O) groups is 1. The van der Waals surface area contributed by atoms with Crippen LogP contribution < -0.4 is 15.4 Å². The Kier molecular flexibility index (Phi) is 6.44. The maximum Gasteiger partial charge on any atom is 0.252 e. The number of nitrogens with one attached hydrogen (secondary N) is 2. The van der Waals surface area contributed by atoms with E-state index in [1.54, 1.807) is 37.7 Å². The Bertz CT molecular complexity index is 704. The number of anilines is 2. The van der Waals surface area contributed by atoms with Crippen molar-refractivity contribution < 1.29 is 9.53 Å². The van der Waals surface area contributed by atoms with Gasteiger partial charge in [0, 0.05) is 18.4 Å². The summed E-state index contributed by atoms with van der Waals surface area (Å²) in [6.45, 7) is 4.90. The van der Waals surface area contributed by atoms with Crippen LogP contribution in [0.4, 0.5) is 11.4 Å². The number of methoxy groups -OCH3 is 1. The first-order valence-corrected chi connectivity index (χ1v) is 8.21. The smallest absolute Gasteiger partial charge is 0.252 e. The summed E-state index contributed by atoms with van der Waals surface area (Å²) in [5, 5.41) is 6.60. The number of ether oxygens (including phenoxy) is 1. The highest BCUT2D eigenvalue weighted by atomic mass is 35.5. The Morgan fingerprint density at radius 3 is 2.71 bits per heavy atom. The zero-order chi connectivity index (χ0) is 17.5. The number of nitrogens with zero attached hydrogens (tertiary/aromatic N) is 1. The molecule has 1 amide bonds. The van der Waals surface area contributed by atoms with E-state index in [-0.39, 0.29) is 5.91 Å². The van der Waals surface area contributed by atoms with Crippen molar-refractivity contribution >= 4 is 28.9 Å². The highest BCUT2D eigenvalue weighted by Crippen LogP contribution is 2.28. The van der Waals surface area contributed by atoms with Crippen LogP contribution in [0.25, 0.3) is 0 Å². The molecule has 2 aromatic rings. The minimum atomic E-state index is -0.125. The number of carbonyl (C=O) groups excluding carboxylic acids is 1. The fourth-order valence-corrected chi connectivity index (χ4v) is 2.38. The third-order valence-electron chi connectivity index (χ3n) is 3.45. The summed E-state index contributed by atoms with van der Waals surface area (Å²) in [5.74, 6) is 1.04. The van der Waals surface area contributed by atoms with Crippen LogP contribution in [-0.4, -0.2) is 24.5 Å². The molecule has 0 spiro atoms. The molecule has 0 unspecified atom stereocenters. The normalized spacial score (nSPS) is 10.5. The largest absolute Gasteiger partial charge is 0.495 e. The fourth-order valence-electron chi connectivity index (χ4n) is 2.12. The standard InChI is InChI=1S/C18H22ClN3O2/c1-12(2)6-7-21-18(23)13-8-15(11-20-10-13)22-14-4-5-17(24-3)16(19)9-14/h4-5,8-12,22H,6-7H2,1-3H3,(H,21,23). The van der Waals surface area contributed by atoms with Crippen LogP contribution in [0, 0.1) is 5.92 Å². The van der Waals surface area contributed by atoms with Gasteiger partial charge in [0.15, 0.2) is 0 Å². The predicted octanol–water partition coefficient (Wildman–Crippen LogP) is 4.26. The number of benzene rings is 1. The van der Waals surface area contributed by atoms with Gasteiger partial charge in [0.05, 0.1) is 29.6 Å². The summed E-state index contributed by atoms with van der Waals surface area (Å²) < 4.78 is 5.13. The molecule has 0 aliphatic heterocycles. The van der Waals surface area contributed by atoms with Gasteiger partial charge in [-0.25, -0.2) is 0 Å². The average Bonchev–Trinajstić information content (AvgIpc) is 2.55. The highest BCUT2D eigenvalue weighted by molar-refractivity contribution is 6.32. The second-order valence-corrected chi connectivity index (χ2v) is 6.28. The molecule has 0 radical (unpaired) electrons. The van der Waals surface area contributed by atoms with Gasteiger partial charge in [-0.1, -0.05) is 25.4 Å². The Hall–Kier alpha value is -2.27. The van der Waals surface area contributed by atoms with E-state index in [1.165, 1.54) is 0 Å². The minimum Gasteiger partial charge on any atom is -0.495 e. The van der Waals surface area contributed by atoms with Gasteiger partial charge in [-0.3, -0.25) is 9.78 Å². The van der Waals surface area contributed by atoms with Gasteiger partial charge in [-0.05, 0) is 36.6 Å². The van der Waals surface area contributed by atoms with Crippen molar-refractivity contribution in [2.24, 2.45) is 5.92 Å². The van der Waals surface area contributed by atoms with E-state index in [2.05, 4.69) is 29.5 Å². The lowest BCUT2D eigenvalue weighted by atomic mass is 10.1. The van der Waals surface area contributed by atoms with Gasteiger partial charge in [0.25, 0.3) is 5.91 Å². The van der Waals surface area contributed by atoms with Crippen LogP contribution in [0.3, 0.4) is 0 Å². The van der Waals surface area contributed by atoms with E-state index >= 15 is 0 Å². The average molecular weight is 348 g/mol. The first-order chi connectivity index (χ1) is 11.5. The summed E-state index contributed by atoms with van der Waals surface area (Å²) in [6.07, 6.45) is 4.15. The maximum atomic E-state index is 12.2. The molecule has 6 heteroatoms. The molecule has 0 bridgehead atoms. The zero-order valence-corrected chi connectivity index (χ0v) is 14.9. The quantitative estimate of drug-likeness (QED) is 0.785. The summed E-state index contributed by atoms with van der Waals surface area (Å²) in [5.41, 5.74) is 2.02. The zero-order valence-electron chi connectivity index (χ0n) is 14.1. The molecule has 1 heterocycles. The van der Waals surface area contributed by atoms with Crippen LogP contribution in [0.2, 0.25) is 5.02 Å². The summed E-state index contributed by atoms with van der Waals surface area (Å²) in [7, 11) is 1.57. The second kappa shape index (κ2) is 8.55. The van der Waals surface area contributed by atoms with Gasteiger partial charge < -0.3 is 15.4 Å². The van der Waals surface area contributed by atoms with Crippen molar-refractivity contribution in [3.8, 4) is 5.75 Å². The first kappa shape index (κ1) is 18.1. The Morgan fingerprint density at radius 2 is 2.04 bits per heavy atom. The number of hydrogen-bond acceptors (Lipinski definition) is 4. The van der Waals surface area contributed by atoms with Crippen molar-refractivity contribution in [3.63, 3.8) is 0 Å². The van der Waals surface area contributed by atoms with E-state index in [0.717, 1.165) is 12.1 Å². The van der Waals surface area contributed by atoms with Crippen molar-refractivity contribution in [3.05, 3.63) is 47.2 Å². The minimum absolute atomic E-state index is 0.125. The molecular weight excluding hydrogens is 326 g/mol. The molecule has 0 saturated carbocycles. The van der Waals surface area contributed by atoms with E-state index in [9.17, 15) is 4.79 Å². The number of hydrogen-bond donors (Lipinski definition) is 2. The lowest BCUT2D eigenvalue weighted by Gasteiger charge is -2.10. The number of rotatable bonds is 7. The predicted molar refractivity (Wildman–Crippen MR) is 97.3 cm³/mol. The lowest BCUT2D eigenvalue weighted by molar-refractivity contribution is 0.0951. The van der Waals surface area contributed by atoms with Crippen LogP contribution >= 0.6 is 11.6 Å². The second-order valence-electron chi connectivity index (χ2n) is 5.88. The third kappa shape index (κ3) is 5.13. The molecular formula is C18H22ClN3O2. The molecule has 1 aromatic carbocycles. The number of amides is 1. The third-order valence-corrected chi connectivity index (χ3v) is 3.74. The van der Waals surface area contributed by atoms with E-state index in [0.29, 0.717) is 34.5 Å². The molecule has 0 aliphatic carbocycles. The molecule has 2 rings (SSSR count). The molecule has 0 aliphatic rings. The number of halogens is 1. The Labute approximate surface area is 147 Å². The fraction of sp³-hybridized carbons (Fsp3) is 0.333. The van der Waals surface area contributed by atoms with Crippen molar-refractivity contribution in [1.82, 2.24) is 10.3 Å². The number of aromatic nitrogens is 1. The van der Waals surface area contributed by atoms with Crippen LogP contribution in [-0.2, 0) is 0 Å². The Morgan fingerprint density at radius 1 is 1.25 bits per heavy atom. The summed E-state index contributed by atoms with van der Waals surface area (Å²) in [4.78, 5) is 16.3. The monoisotopic (exact) mass is 347 g/mol. The first-order valence-electron chi connectivity index (χ1n) is 7.83. The number of pyridine rings is 1. The topological polar surface area (TPSA) is 63.2 Å². The van der Waals surface area contributed by atoms with Gasteiger partial charge in [-0.15, -0.1) is 0 Å². The molecule has 5 nitrogen and oxygen atoms in total. The van der Waals surface area contributed by atoms with Crippen LogP contribution in [0.15, 0.2) is 36.7 Å². The summed E-state index contributed by atoms with van der Waals surface area (Å²) >= 11 is 6.12. The molecule has 2 N–H and O–H groups in total. The van der Waals surface area contributed by atoms with E-state index in [1.807, 2.05) is 6.07 Å². The van der Waals surface area contributed by atoms with Gasteiger partial charge in [-0.2, -0.15) is 0 Å². The van der Waals surface area contributed by atoms with Crippen LogP contribution in [0.5, 0.6) is 5.75 Å². The van der Waals surface area contributed by atoms with Crippen molar-refractivity contribution in [2.75, 3.05) is 19.0 Å². The van der Waals surface area contributed by atoms with Crippen molar-refractivity contribution in [2.45, 2.75) is 20.3 Å². The van der Waals surface area contributed by atoms with Crippen molar-refractivity contribution in [1.29, 1.82) is 0 Å². The van der Waals surface area contributed by atoms with Crippen LogP contribution in [0.1, 0.15) is 30.6 Å². The molecule has 1 aromatic heterocycles. The molecule has 128 valence electrons. The summed E-state index contributed by atoms with van der Waals surface area (Å²) in [6, 6.07) is 7.15. The van der Waals surface area contributed by atoms with Gasteiger partial charge >= 0.3 is 0 Å². The highest BCUT2D eigenvalue weighted by Gasteiger charge is 2.08. The van der Waals surface area contributed by atoms with Gasteiger partial charge in [0.2, 0.25) is 0 Å². The van der Waals surface area contributed by atoms with E-state index < -0.39 is 0 Å². The van der Waals surface area contributed by atoms with Gasteiger partial charge in [0.1, 0.15) is 5.75 Å². The SMILES string of the molecule is COc1ccc(Nc2cncc(C(=O)NCCC(C)C)c2)cc1Cl. The molecule has 24 heavy (non-hydrogen) atoms. The van der Waals surface area contributed by atoms with E-state index in [4.69, 9.17) is 16.3 Å². The Balaban J connectivity index is 2.04. The lowest BCUT2D eigenvalue weighted by Crippen LogP contribution is -2.25. The molecule has 0 atom stereocenters.